The molecular formula is C17H13N3O4. The summed E-state index contributed by atoms with van der Waals surface area (Å²) in [7, 11) is 0. The second kappa shape index (κ2) is 5.62. The first-order valence-corrected chi connectivity index (χ1v) is 7.11. The van der Waals surface area contributed by atoms with Crippen molar-refractivity contribution in [2.24, 2.45) is 5.73 Å². The molecule has 0 radical (unpaired) electrons. The normalized spacial score (nSPS) is 10.7. The predicted molar refractivity (Wildman–Crippen MR) is 88.0 cm³/mol. The van der Waals surface area contributed by atoms with Gasteiger partial charge in [0.15, 0.2) is 0 Å². The number of nitrogens with zero attached hydrogens (tertiary/aromatic N) is 2. The summed E-state index contributed by atoms with van der Waals surface area (Å²) in [6.07, 6.45) is 0. The molecule has 0 atom stereocenters. The number of nitro benzene ring substituents is 1. The molecule has 3 rings (SSSR count). The largest absolute Gasteiger partial charge is 0.366 e. The van der Waals surface area contributed by atoms with Gasteiger partial charge in [-0.25, -0.2) is 0 Å². The molecule has 7 heteroatoms. The quantitative estimate of drug-likeness (QED) is 0.590. The van der Waals surface area contributed by atoms with Crippen molar-refractivity contribution in [2.75, 3.05) is 0 Å². The lowest BCUT2D eigenvalue weighted by atomic mass is 10.1. The number of primary amides is 1. The highest BCUT2D eigenvalue weighted by atomic mass is 16.6. The Kier molecular flexibility index (Phi) is 3.61. The number of nitro groups is 1. The Hall–Kier alpha value is -3.48. The zero-order chi connectivity index (χ0) is 17.4. The Bertz CT molecular complexity index is 987. The van der Waals surface area contributed by atoms with Gasteiger partial charge >= 0.3 is 0 Å². The van der Waals surface area contributed by atoms with Gasteiger partial charge in [-0.15, -0.1) is 0 Å². The first-order valence-electron chi connectivity index (χ1n) is 7.11. The summed E-state index contributed by atoms with van der Waals surface area (Å²) in [5.74, 6) is -0.995. The van der Waals surface area contributed by atoms with E-state index in [2.05, 4.69) is 0 Å². The molecule has 0 spiro atoms. The fourth-order valence-electron chi connectivity index (χ4n) is 2.79. The number of fused-ring (bicyclic) bond motifs is 1. The van der Waals surface area contributed by atoms with Crippen molar-refractivity contribution in [1.82, 2.24) is 4.57 Å². The van der Waals surface area contributed by atoms with Gasteiger partial charge in [0, 0.05) is 28.8 Å². The summed E-state index contributed by atoms with van der Waals surface area (Å²) in [6.45, 7) is 1.64. The lowest BCUT2D eigenvalue weighted by molar-refractivity contribution is -0.384. The van der Waals surface area contributed by atoms with E-state index in [9.17, 15) is 19.7 Å². The summed E-state index contributed by atoms with van der Waals surface area (Å²) in [6, 6.07) is 12.3. The van der Waals surface area contributed by atoms with Gasteiger partial charge in [0.2, 0.25) is 0 Å². The van der Waals surface area contributed by atoms with Crippen LogP contribution in [0.2, 0.25) is 0 Å². The standard InChI is InChI=1S/C17H13N3O4/c1-10-15(16(18)21)13-4-2-3-5-14(13)19(10)17(22)11-6-8-12(9-7-11)20(23)24/h2-9H,1H3,(H2,18,21). The summed E-state index contributed by atoms with van der Waals surface area (Å²) < 4.78 is 1.40. The number of para-hydroxylation sites is 1. The first-order chi connectivity index (χ1) is 11.4. The predicted octanol–water partition coefficient (Wildman–Crippen LogP) is 2.65. The third kappa shape index (κ3) is 2.32. The zero-order valence-electron chi connectivity index (χ0n) is 12.7. The number of carbonyl (C=O) groups excluding carboxylic acids is 2. The van der Waals surface area contributed by atoms with Gasteiger partial charge in [-0.2, -0.15) is 0 Å². The van der Waals surface area contributed by atoms with E-state index in [1.54, 1.807) is 31.2 Å². The van der Waals surface area contributed by atoms with Gasteiger partial charge < -0.3 is 5.73 Å². The SMILES string of the molecule is Cc1c(C(N)=O)c2ccccc2n1C(=O)c1ccc([N+](=O)[O-])cc1. The third-order valence-corrected chi connectivity index (χ3v) is 3.89. The number of rotatable bonds is 3. The molecule has 2 N–H and O–H groups in total. The van der Waals surface area contributed by atoms with Crippen LogP contribution in [0.15, 0.2) is 48.5 Å². The Morgan fingerprint density at radius 1 is 1.08 bits per heavy atom. The van der Waals surface area contributed by atoms with Crippen molar-refractivity contribution in [3.8, 4) is 0 Å². The van der Waals surface area contributed by atoms with Crippen LogP contribution in [0.25, 0.3) is 10.9 Å². The number of amides is 1. The minimum absolute atomic E-state index is 0.0986. The van der Waals surface area contributed by atoms with E-state index >= 15 is 0 Å². The molecule has 3 aromatic rings. The molecule has 0 saturated carbocycles. The molecular weight excluding hydrogens is 310 g/mol. The highest BCUT2D eigenvalue weighted by Gasteiger charge is 2.22. The summed E-state index contributed by atoms with van der Waals surface area (Å²) in [5.41, 5.74) is 6.92. The van der Waals surface area contributed by atoms with Crippen molar-refractivity contribution < 1.29 is 14.5 Å². The van der Waals surface area contributed by atoms with Crippen LogP contribution in [0.5, 0.6) is 0 Å². The molecule has 0 aliphatic rings. The summed E-state index contributed by atoms with van der Waals surface area (Å²) in [5, 5.41) is 11.3. The van der Waals surface area contributed by atoms with Crippen LogP contribution in [-0.4, -0.2) is 21.3 Å². The van der Waals surface area contributed by atoms with E-state index in [1.807, 2.05) is 0 Å². The van der Waals surface area contributed by atoms with Gasteiger partial charge in [0.25, 0.3) is 17.5 Å². The van der Waals surface area contributed by atoms with Crippen molar-refractivity contribution in [1.29, 1.82) is 0 Å². The van der Waals surface area contributed by atoms with Crippen LogP contribution >= 0.6 is 0 Å². The van der Waals surface area contributed by atoms with E-state index in [0.717, 1.165) is 0 Å². The van der Waals surface area contributed by atoms with Gasteiger partial charge in [-0.1, -0.05) is 18.2 Å². The molecule has 0 bridgehead atoms. The lowest BCUT2D eigenvalue weighted by Crippen LogP contribution is -2.16. The lowest BCUT2D eigenvalue weighted by Gasteiger charge is -2.07. The van der Waals surface area contributed by atoms with Crippen LogP contribution < -0.4 is 5.73 Å². The second-order valence-corrected chi connectivity index (χ2v) is 5.29. The number of hydrogen-bond acceptors (Lipinski definition) is 4. The van der Waals surface area contributed by atoms with Gasteiger partial charge in [0.05, 0.1) is 16.0 Å². The number of hydrogen-bond donors (Lipinski definition) is 1. The summed E-state index contributed by atoms with van der Waals surface area (Å²) in [4.78, 5) is 34.8. The van der Waals surface area contributed by atoms with Crippen LogP contribution in [0.4, 0.5) is 5.69 Å². The minimum Gasteiger partial charge on any atom is -0.366 e. The van der Waals surface area contributed by atoms with Gasteiger partial charge in [-0.05, 0) is 25.1 Å². The average Bonchev–Trinajstić information content (AvgIpc) is 2.86. The molecule has 2 aromatic carbocycles. The Morgan fingerprint density at radius 2 is 1.71 bits per heavy atom. The molecule has 0 unspecified atom stereocenters. The van der Waals surface area contributed by atoms with Crippen molar-refractivity contribution >= 4 is 28.4 Å². The fourth-order valence-corrected chi connectivity index (χ4v) is 2.79. The smallest absolute Gasteiger partial charge is 0.269 e. The van der Waals surface area contributed by atoms with Crippen LogP contribution in [0.3, 0.4) is 0 Å². The van der Waals surface area contributed by atoms with E-state index in [0.29, 0.717) is 22.2 Å². The van der Waals surface area contributed by atoms with Crippen LogP contribution in [0, 0.1) is 17.0 Å². The number of aromatic nitrogens is 1. The molecule has 1 heterocycles. The molecule has 120 valence electrons. The maximum Gasteiger partial charge on any atom is 0.269 e. The van der Waals surface area contributed by atoms with Gasteiger partial charge in [-0.3, -0.25) is 24.3 Å². The van der Waals surface area contributed by atoms with E-state index < -0.39 is 10.8 Å². The molecule has 1 aromatic heterocycles. The first kappa shape index (κ1) is 15.4. The zero-order valence-corrected chi connectivity index (χ0v) is 12.7. The molecule has 0 saturated heterocycles. The highest BCUT2D eigenvalue weighted by molar-refractivity contribution is 6.12. The average molecular weight is 323 g/mol. The molecule has 7 nitrogen and oxygen atoms in total. The third-order valence-electron chi connectivity index (χ3n) is 3.89. The van der Waals surface area contributed by atoms with Crippen LogP contribution in [0.1, 0.15) is 26.4 Å². The second-order valence-electron chi connectivity index (χ2n) is 5.29. The maximum atomic E-state index is 12.8. The number of carbonyl (C=O) groups is 2. The highest BCUT2D eigenvalue weighted by Crippen LogP contribution is 2.26. The van der Waals surface area contributed by atoms with Gasteiger partial charge in [0.1, 0.15) is 0 Å². The Labute approximate surface area is 136 Å². The number of nitrogens with two attached hydrogens (primary N) is 1. The molecule has 24 heavy (non-hydrogen) atoms. The number of non-ortho nitro benzene ring substituents is 1. The fraction of sp³-hybridized carbons (Fsp3) is 0.0588. The number of benzene rings is 2. The van der Waals surface area contributed by atoms with E-state index in [-0.39, 0.29) is 17.2 Å². The molecule has 0 aliphatic carbocycles. The Morgan fingerprint density at radius 3 is 2.29 bits per heavy atom. The monoisotopic (exact) mass is 323 g/mol. The minimum atomic E-state index is -0.612. The van der Waals surface area contributed by atoms with Crippen molar-refractivity contribution in [3.05, 3.63) is 75.5 Å². The molecule has 1 amide bonds. The van der Waals surface area contributed by atoms with Crippen molar-refractivity contribution in [2.45, 2.75) is 6.92 Å². The maximum absolute atomic E-state index is 12.8. The molecule has 0 fully saturated rings. The van der Waals surface area contributed by atoms with E-state index in [1.165, 1.54) is 28.8 Å². The van der Waals surface area contributed by atoms with Crippen LogP contribution in [-0.2, 0) is 0 Å². The Balaban J connectivity index is 2.18. The van der Waals surface area contributed by atoms with Crippen molar-refractivity contribution in [3.63, 3.8) is 0 Å². The topological polar surface area (TPSA) is 108 Å². The van der Waals surface area contributed by atoms with E-state index in [4.69, 9.17) is 5.73 Å². The molecule has 0 aliphatic heterocycles. The summed E-state index contributed by atoms with van der Waals surface area (Å²) >= 11 is 0.